The van der Waals surface area contributed by atoms with Gasteiger partial charge in [0.1, 0.15) is 23.0 Å². The number of nitrogens with one attached hydrogen (secondary N) is 1. The molecule has 174 valence electrons. The first-order chi connectivity index (χ1) is 16.1. The summed E-state index contributed by atoms with van der Waals surface area (Å²) >= 11 is 0. The number of amidine groups is 1. The minimum atomic E-state index is 0.0626. The first kappa shape index (κ1) is 21.6. The summed E-state index contributed by atoms with van der Waals surface area (Å²) in [7, 11) is 1.66. The predicted octanol–water partition coefficient (Wildman–Crippen LogP) is 4.93. The van der Waals surface area contributed by atoms with Gasteiger partial charge >= 0.3 is 6.03 Å². The molecule has 3 aliphatic rings. The Morgan fingerprint density at radius 3 is 2.70 bits per heavy atom. The van der Waals surface area contributed by atoms with E-state index < -0.39 is 0 Å². The van der Waals surface area contributed by atoms with Crippen molar-refractivity contribution in [2.45, 2.75) is 51.1 Å². The van der Waals surface area contributed by atoms with Gasteiger partial charge in [0, 0.05) is 31.7 Å². The Morgan fingerprint density at radius 1 is 1.09 bits per heavy atom. The number of urea groups is 1. The van der Waals surface area contributed by atoms with Crippen LogP contribution in [-0.4, -0.2) is 60.5 Å². The lowest BCUT2D eigenvalue weighted by Gasteiger charge is -2.41. The molecule has 0 spiro atoms. The first-order valence-electron chi connectivity index (χ1n) is 12.0. The minimum Gasteiger partial charge on any atom is -0.497 e. The van der Waals surface area contributed by atoms with Gasteiger partial charge in [0.15, 0.2) is 5.75 Å². The normalized spacial score (nSPS) is 20.7. The molecule has 1 N–H and O–H groups in total. The van der Waals surface area contributed by atoms with E-state index in [0.29, 0.717) is 25.7 Å². The van der Waals surface area contributed by atoms with Crippen LogP contribution in [0.4, 0.5) is 10.5 Å². The van der Waals surface area contributed by atoms with Gasteiger partial charge in [-0.25, -0.2) is 9.79 Å². The summed E-state index contributed by atoms with van der Waals surface area (Å²) in [6.07, 6.45) is 5.88. The topological polar surface area (TPSA) is 66.4 Å². The Balaban J connectivity index is 1.38. The van der Waals surface area contributed by atoms with Gasteiger partial charge in [-0.15, -0.1) is 0 Å². The molecule has 1 unspecified atom stereocenters. The molecule has 2 aromatic rings. The molecule has 1 saturated carbocycles. The fourth-order valence-electron chi connectivity index (χ4n) is 5.03. The maximum absolute atomic E-state index is 13.0. The van der Waals surface area contributed by atoms with Gasteiger partial charge in [0.05, 0.1) is 12.7 Å². The van der Waals surface area contributed by atoms with E-state index in [9.17, 15) is 4.79 Å². The van der Waals surface area contributed by atoms with Crippen LogP contribution in [0.3, 0.4) is 0 Å². The van der Waals surface area contributed by atoms with Gasteiger partial charge in [-0.2, -0.15) is 0 Å². The maximum atomic E-state index is 13.0. The fraction of sp³-hybridized carbons (Fsp3) is 0.462. The van der Waals surface area contributed by atoms with Gasteiger partial charge in [-0.05, 0) is 50.1 Å². The van der Waals surface area contributed by atoms with E-state index in [4.69, 9.17) is 14.5 Å². The molecule has 0 radical (unpaired) electrons. The molecule has 33 heavy (non-hydrogen) atoms. The van der Waals surface area contributed by atoms with Crippen LogP contribution in [-0.2, 0) is 0 Å². The molecule has 2 aromatic carbocycles. The number of amides is 2. The molecule has 2 amide bonds. The molecule has 1 aliphatic carbocycles. The molecular formula is C26H32N4O3. The van der Waals surface area contributed by atoms with Gasteiger partial charge in [-0.3, -0.25) is 0 Å². The number of hydrogen-bond donors (Lipinski definition) is 1. The number of rotatable bonds is 2. The van der Waals surface area contributed by atoms with E-state index in [1.807, 2.05) is 47.4 Å². The lowest BCUT2D eigenvalue weighted by Crippen LogP contribution is -2.58. The summed E-state index contributed by atoms with van der Waals surface area (Å²) in [4.78, 5) is 22.2. The second kappa shape index (κ2) is 9.33. The Hall–Kier alpha value is -3.22. The Bertz CT molecular complexity index is 1050. The molecule has 2 fully saturated rings. The zero-order chi connectivity index (χ0) is 22.8. The number of ether oxygens (including phenoxy) is 2. The zero-order valence-corrected chi connectivity index (χ0v) is 19.4. The van der Waals surface area contributed by atoms with Crippen LogP contribution in [0.1, 0.15) is 44.6 Å². The highest BCUT2D eigenvalue weighted by atomic mass is 16.5. The molecule has 1 saturated heterocycles. The number of carbonyl (C=O) groups excluding carboxylic acids is 1. The van der Waals surface area contributed by atoms with Gasteiger partial charge in [0.25, 0.3) is 0 Å². The Morgan fingerprint density at radius 2 is 1.91 bits per heavy atom. The number of carbonyl (C=O) groups is 1. The SMILES string of the molecule is COc1ccc2c(c1)C(N1CCN(C(=O)NC3CCCCC3)C(C)C1)=Nc1ccccc1O2. The predicted molar refractivity (Wildman–Crippen MR) is 129 cm³/mol. The highest BCUT2D eigenvalue weighted by Crippen LogP contribution is 2.39. The van der Waals surface area contributed by atoms with E-state index >= 15 is 0 Å². The molecule has 7 heteroatoms. The second-order valence-corrected chi connectivity index (χ2v) is 9.14. The summed E-state index contributed by atoms with van der Waals surface area (Å²) < 4.78 is 11.7. The summed E-state index contributed by atoms with van der Waals surface area (Å²) in [5.41, 5.74) is 1.70. The first-order valence-corrected chi connectivity index (χ1v) is 12.0. The average Bonchev–Trinajstić information content (AvgIpc) is 3.00. The van der Waals surface area contributed by atoms with Crippen molar-refractivity contribution in [2.24, 2.45) is 4.99 Å². The van der Waals surface area contributed by atoms with Crippen LogP contribution in [0.25, 0.3) is 0 Å². The third kappa shape index (κ3) is 4.49. The third-order valence-electron chi connectivity index (χ3n) is 6.86. The van der Waals surface area contributed by atoms with Crippen molar-refractivity contribution in [3.8, 4) is 17.2 Å². The van der Waals surface area contributed by atoms with Gasteiger partial charge in [-0.1, -0.05) is 31.4 Å². The number of hydrogen-bond acceptors (Lipinski definition) is 5. The lowest BCUT2D eigenvalue weighted by molar-refractivity contribution is 0.130. The second-order valence-electron chi connectivity index (χ2n) is 9.14. The maximum Gasteiger partial charge on any atom is 0.317 e. The number of piperazine rings is 1. The number of para-hydroxylation sites is 2. The largest absolute Gasteiger partial charge is 0.497 e. The standard InChI is InChI=1S/C26H32N4O3/c1-18-17-29(14-15-30(18)26(31)27-19-8-4-3-5-9-19)25-21-16-20(32-2)12-13-23(21)33-24-11-7-6-10-22(24)28-25/h6-7,10-13,16,18-19H,3-5,8-9,14-15,17H2,1-2H3,(H,27,31). The van der Waals surface area contributed by atoms with Crippen molar-refractivity contribution >= 4 is 17.6 Å². The molecule has 2 heterocycles. The van der Waals surface area contributed by atoms with Crippen molar-refractivity contribution in [2.75, 3.05) is 26.7 Å². The number of methoxy groups -OCH3 is 1. The van der Waals surface area contributed by atoms with Crippen LogP contribution in [0, 0.1) is 0 Å². The summed E-state index contributed by atoms with van der Waals surface area (Å²) in [5, 5.41) is 3.27. The van der Waals surface area contributed by atoms with E-state index in [1.54, 1.807) is 7.11 Å². The summed E-state index contributed by atoms with van der Waals surface area (Å²) in [6.45, 7) is 4.18. The number of fused-ring (bicyclic) bond motifs is 2. The van der Waals surface area contributed by atoms with Gasteiger partial charge in [0.2, 0.25) is 0 Å². The average molecular weight is 449 g/mol. The molecule has 2 aliphatic heterocycles. The summed E-state index contributed by atoms with van der Waals surface area (Å²) in [6, 6.07) is 14.1. The quantitative estimate of drug-likeness (QED) is 0.708. The highest BCUT2D eigenvalue weighted by molar-refractivity contribution is 6.04. The van der Waals surface area contributed by atoms with E-state index in [1.165, 1.54) is 19.3 Å². The van der Waals surface area contributed by atoms with Crippen molar-refractivity contribution in [1.82, 2.24) is 15.1 Å². The van der Waals surface area contributed by atoms with Crippen molar-refractivity contribution in [1.29, 1.82) is 0 Å². The van der Waals surface area contributed by atoms with E-state index in [-0.39, 0.29) is 12.1 Å². The van der Waals surface area contributed by atoms with E-state index in [0.717, 1.165) is 47.2 Å². The zero-order valence-electron chi connectivity index (χ0n) is 19.4. The molecule has 0 bridgehead atoms. The number of aliphatic imine (C=N–C) groups is 1. The molecule has 5 rings (SSSR count). The van der Waals surface area contributed by atoms with Gasteiger partial charge < -0.3 is 24.6 Å². The van der Waals surface area contributed by atoms with Crippen LogP contribution in [0.2, 0.25) is 0 Å². The van der Waals surface area contributed by atoms with Crippen LogP contribution in [0.15, 0.2) is 47.5 Å². The number of benzene rings is 2. The third-order valence-corrected chi connectivity index (χ3v) is 6.86. The van der Waals surface area contributed by atoms with Crippen LogP contribution in [0.5, 0.6) is 17.2 Å². The van der Waals surface area contributed by atoms with Crippen molar-refractivity contribution in [3.05, 3.63) is 48.0 Å². The molecule has 1 atom stereocenters. The van der Waals surface area contributed by atoms with Crippen LogP contribution >= 0.6 is 0 Å². The summed E-state index contributed by atoms with van der Waals surface area (Å²) in [5.74, 6) is 3.10. The van der Waals surface area contributed by atoms with E-state index in [2.05, 4.69) is 17.1 Å². The minimum absolute atomic E-state index is 0.0626. The lowest BCUT2D eigenvalue weighted by atomic mass is 9.96. The molecule has 0 aromatic heterocycles. The number of nitrogens with zero attached hydrogens (tertiary/aromatic N) is 3. The van der Waals surface area contributed by atoms with Crippen molar-refractivity contribution in [3.63, 3.8) is 0 Å². The monoisotopic (exact) mass is 448 g/mol. The smallest absolute Gasteiger partial charge is 0.317 e. The molecule has 7 nitrogen and oxygen atoms in total. The fourth-order valence-corrected chi connectivity index (χ4v) is 5.03. The highest BCUT2D eigenvalue weighted by Gasteiger charge is 2.32. The van der Waals surface area contributed by atoms with Crippen LogP contribution < -0.4 is 14.8 Å². The molecular weight excluding hydrogens is 416 g/mol. The van der Waals surface area contributed by atoms with Crippen molar-refractivity contribution < 1.29 is 14.3 Å². The Kier molecular flexibility index (Phi) is 6.11. The Labute approximate surface area is 195 Å².